The second kappa shape index (κ2) is 10.00. The highest BCUT2D eigenvalue weighted by Crippen LogP contribution is 2.40. The number of amidine groups is 1. The quantitative estimate of drug-likeness (QED) is 0.250. The van der Waals surface area contributed by atoms with Crippen LogP contribution >= 0.6 is 27.7 Å². The molecule has 0 saturated carbocycles. The van der Waals surface area contributed by atoms with Gasteiger partial charge >= 0.3 is 5.24 Å². The van der Waals surface area contributed by atoms with Crippen LogP contribution in [0, 0.1) is 0 Å². The van der Waals surface area contributed by atoms with Crippen LogP contribution in [0.1, 0.15) is 29.2 Å². The number of amides is 1. The van der Waals surface area contributed by atoms with Crippen molar-refractivity contribution in [1.82, 2.24) is 5.01 Å². The molecule has 2 aliphatic rings. The van der Waals surface area contributed by atoms with E-state index in [9.17, 15) is 4.79 Å². The Balaban J connectivity index is 1.42. The molecule has 0 saturated heterocycles. The molecule has 0 aliphatic carbocycles. The predicted octanol–water partition coefficient (Wildman–Crippen LogP) is 8.07. The molecule has 4 aromatic carbocycles. The standard InChI is InChI=1S/C30H22BrN3O2S/c1-36-25-14-10-21(11-15-25)27-18-26(23-9-8-20-4-2-3-5-22(20)17-23)33-34(27)29-28(37-30(35)32-29)16-19-6-12-24(31)13-7-19/h2-17,27H,18H2,1H3/b28-16-. The fourth-order valence-corrected chi connectivity index (χ4v) is 5.62. The summed E-state index contributed by atoms with van der Waals surface area (Å²) in [6.45, 7) is 0. The molecule has 0 radical (unpaired) electrons. The number of hydrazone groups is 1. The first-order valence-electron chi connectivity index (χ1n) is 11.9. The summed E-state index contributed by atoms with van der Waals surface area (Å²) in [5.41, 5.74) is 4.10. The third-order valence-corrected chi connectivity index (χ3v) is 7.81. The highest BCUT2D eigenvalue weighted by Gasteiger charge is 2.37. The van der Waals surface area contributed by atoms with Gasteiger partial charge in [-0.1, -0.05) is 76.6 Å². The van der Waals surface area contributed by atoms with Gasteiger partial charge in [0.1, 0.15) is 5.75 Å². The zero-order valence-electron chi connectivity index (χ0n) is 20.0. The van der Waals surface area contributed by atoms with E-state index in [1.165, 1.54) is 10.8 Å². The molecule has 0 N–H and O–H groups in total. The maximum absolute atomic E-state index is 12.5. The van der Waals surface area contributed by atoms with Gasteiger partial charge in [0.2, 0.25) is 0 Å². The Morgan fingerprint density at radius 2 is 1.73 bits per heavy atom. The number of rotatable bonds is 4. The van der Waals surface area contributed by atoms with Gasteiger partial charge < -0.3 is 4.74 Å². The van der Waals surface area contributed by atoms with Gasteiger partial charge in [0.15, 0.2) is 5.84 Å². The highest BCUT2D eigenvalue weighted by atomic mass is 79.9. The summed E-state index contributed by atoms with van der Waals surface area (Å²) < 4.78 is 6.37. The Labute approximate surface area is 227 Å². The van der Waals surface area contributed by atoms with Crippen LogP contribution in [0.3, 0.4) is 0 Å². The van der Waals surface area contributed by atoms with Crippen LogP contribution in [0.15, 0.2) is 110 Å². The lowest BCUT2D eigenvalue weighted by Gasteiger charge is -2.24. The molecule has 2 heterocycles. The zero-order valence-corrected chi connectivity index (χ0v) is 22.4. The number of ether oxygens (including phenoxy) is 1. The van der Waals surface area contributed by atoms with Gasteiger partial charge in [0.25, 0.3) is 0 Å². The number of aliphatic imine (C=N–C) groups is 1. The molecule has 7 heteroatoms. The first kappa shape index (κ1) is 23.7. The number of carbonyl (C=O) groups is 1. The fourth-order valence-electron chi connectivity index (χ4n) is 4.61. The predicted molar refractivity (Wildman–Crippen MR) is 155 cm³/mol. The molecule has 5 nitrogen and oxygen atoms in total. The SMILES string of the molecule is COc1ccc(C2CC(c3ccc4ccccc4c3)=NN2C2=NC(=O)S/C2=C\c2ccc(Br)cc2)cc1. The summed E-state index contributed by atoms with van der Waals surface area (Å²) in [5, 5.41) is 9.10. The topological polar surface area (TPSA) is 54.3 Å². The van der Waals surface area contributed by atoms with Gasteiger partial charge in [0.05, 0.1) is 23.8 Å². The van der Waals surface area contributed by atoms with Crippen LogP contribution in [0.5, 0.6) is 5.75 Å². The number of nitrogens with zero attached hydrogens (tertiary/aromatic N) is 3. The largest absolute Gasteiger partial charge is 0.497 e. The minimum absolute atomic E-state index is 0.106. The third kappa shape index (κ3) is 4.84. The molecule has 4 aromatic rings. The summed E-state index contributed by atoms with van der Waals surface area (Å²) in [5.74, 6) is 1.37. The number of methoxy groups -OCH3 is 1. The lowest BCUT2D eigenvalue weighted by atomic mass is 9.97. The van der Waals surface area contributed by atoms with Crippen molar-refractivity contribution in [3.63, 3.8) is 0 Å². The lowest BCUT2D eigenvalue weighted by Crippen LogP contribution is -2.26. The molecule has 1 amide bonds. The molecule has 1 atom stereocenters. The van der Waals surface area contributed by atoms with Crippen molar-refractivity contribution < 1.29 is 9.53 Å². The average molecular weight is 568 g/mol. The molecule has 182 valence electrons. The molecule has 0 bridgehead atoms. The first-order valence-corrected chi connectivity index (χ1v) is 13.5. The van der Waals surface area contributed by atoms with Crippen LogP contribution < -0.4 is 4.74 Å². The summed E-state index contributed by atoms with van der Waals surface area (Å²) in [4.78, 5) is 17.7. The summed E-state index contributed by atoms with van der Waals surface area (Å²) in [6, 6.07) is 30.6. The number of carbonyl (C=O) groups excluding carboxylic acids is 1. The molecule has 0 fully saturated rings. The third-order valence-electron chi connectivity index (χ3n) is 6.49. The number of fused-ring (bicyclic) bond motifs is 1. The van der Waals surface area contributed by atoms with Crippen molar-refractivity contribution in [2.75, 3.05) is 7.11 Å². The fraction of sp³-hybridized carbons (Fsp3) is 0.100. The Kier molecular flexibility index (Phi) is 6.40. The molecule has 1 unspecified atom stereocenters. The Bertz CT molecular complexity index is 1590. The van der Waals surface area contributed by atoms with Gasteiger partial charge in [-0.15, -0.1) is 0 Å². The average Bonchev–Trinajstić information content (AvgIpc) is 3.53. The van der Waals surface area contributed by atoms with Gasteiger partial charge in [-0.05, 0) is 75.6 Å². The molecule has 37 heavy (non-hydrogen) atoms. The number of halogens is 1. The number of hydrogen-bond donors (Lipinski definition) is 0. The van der Waals surface area contributed by atoms with E-state index in [4.69, 9.17) is 9.84 Å². The normalized spacial score (nSPS) is 18.4. The van der Waals surface area contributed by atoms with E-state index in [1.807, 2.05) is 59.6 Å². The Morgan fingerprint density at radius 1 is 0.973 bits per heavy atom. The van der Waals surface area contributed by atoms with Gasteiger partial charge in [-0.3, -0.25) is 4.79 Å². The van der Waals surface area contributed by atoms with Gasteiger partial charge in [-0.2, -0.15) is 10.1 Å². The van der Waals surface area contributed by atoms with Crippen molar-refractivity contribution in [3.8, 4) is 5.75 Å². The van der Waals surface area contributed by atoms with Crippen LogP contribution in [-0.4, -0.2) is 28.9 Å². The monoisotopic (exact) mass is 567 g/mol. The number of hydrogen-bond acceptors (Lipinski definition) is 5. The van der Waals surface area contributed by atoms with Crippen molar-refractivity contribution >= 4 is 61.3 Å². The summed E-state index contributed by atoms with van der Waals surface area (Å²) >= 11 is 4.62. The Hall–Kier alpha value is -3.68. The molecule has 0 spiro atoms. The molecule has 0 aromatic heterocycles. The van der Waals surface area contributed by atoms with E-state index in [1.54, 1.807) is 7.11 Å². The molecular formula is C30H22BrN3O2S. The van der Waals surface area contributed by atoms with E-state index in [-0.39, 0.29) is 11.3 Å². The van der Waals surface area contributed by atoms with E-state index in [0.29, 0.717) is 12.3 Å². The van der Waals surface area contributed by atoms with E-state index in [2.05, 4.69) is 63.4 Å². The zero-order chi connectivity index (χ0) is 25.4. The van der Waals surface area contributed by atoms with E-state index < -0.39 is 0 Å². The van der Waals surface area contributed by atoms with E-state index >= 15 is 0 Å². The van der Waals surface area contributed by atoms with Crippen LogP contribution in [0.2, 0.25) is 0 Å². The molecule has 2 aliphatic heterocycles. The van der Waals surface area contributed by atoms with E-state index in [0.717, 1.165) is 49.3 Å². The first-order chi connectivity index (χ1) is 18.1. The summed E-state index contributed by atoms with van der Waals surface area (Å²) in [6.07, 6.45) is 2.68. The van der Waals surface area contributed by atoms with Crippen LogP contribution in [0.25, 0.3) is 16.8 Å². The molecular weight excluding hydrogens is 546 g/mol. The lowest BCUT2D eigenvalue weighted by molar-refractivity contribution is 0.267. The second-order valence-corrected chi connectivity index (χ2v) is 10.7. The maximum Gasteiger partial charge on any atom is 0.311 e. The van der Waals surface area contributed by atoms with Gasteiger partial charge in [0, 0.05) is 10.9 Å². The van der Waals surface area contributed by atoms with Gasteiger partial charge in [-0.25, -0.2) is 5.01 Å². The van der Waals surface area contributed by atoms with Crippen LogP contribution in [0.4, 0.5) is 4.79 Å². The minimum atomic E-state index is -0.235. The number of thioether (sulfide) groups is 1. The molecule has 6 rings (SSSR count). The van der Waals surface area contributed by atoms with Crippen molar-refractivity contribution in [2.45, 2.75) is 12.5 Å². The minimum Gasteiger partial charge on any atom is -0.497 e. The van der Waals surface area contributed by atoms with Crippen molar-refractivity contribution in [2.24, 2.45) is 10.1 Å². The number of benzene rings is 4. The maximum atomic E-state index is 12.5. The van der Waals surface area contributed by atoms with Crippen molar-refractivity contribution in [1.29, 1.82) is 0 Å². The highest BCUT2D eigenvalue weighted by molar-refractivity contribution is 9.10. The summed E-state index contributed by atoms with van der Waals surface area (Å²) in [7, 11) is 1.66. The Morgan fingerprint density at radius 3 is 2.49 bits per heavy atom. The van der Waals surface area contributed by atoms with Crippen molar-refractivity contribution in [3.05, 3.63) is 117 Å². The van der Waals surface area contributed by atoms with Crippen LogP contribution in [-0.2, 0) is 0 Å². The second-order valence-electron chi connectivity index (χ2n) is 8.81. The smallest absolute Gasteiger partial charge is 0.311 e.